The molecule has 170 valence electrons. The van der Waals surface area contributed by atoms with Gasteiger partial charge in [-0.3, -0.25) is 10.1 Å². The zero-order chi connectivity index (χ0) is 24.2. The van der Waals surface area contributed by atoms with Gasteiger partial charge in [0, 0.05) is 23.8 Å². The molecule has 0 amide bonds. The van der Waals surface area contributed by atoms with Crippen LogP contribution in [0.5, 0.6) is 17.2 Å². The molecule has 1 heterocycles. The van der Waals surface area contributed by atoms with Crippen molar-refractivity contribution in [2.24, 2.45) is 5.73 Å². The fraction of sp³-hybridized carbons (Fsp3) is 0.120. The standard InChI is InChI=1S/C25H19N3O6/c1-2-32-18-5-3-4-16(12-18)25(29)33-19-10-11-20-22(13-19)34-24(27)21(14-26)23(20)15-6-8-17(9-7-15)28(30)31/h3-13,23H,2,27H2,1H3. The van der Waals surface area contributed by atoms with Gasteiger partial charge in [0.05, 0.1) is 23.0 Å². The van der Waals surface area contributed by atoms with Crippen LogP contribution < -0.4 is 19.9 Å². The maximum atomic E-state index is 12.6. The van der Waals surface area contributed by atoms with Crippen LogP contribution in [0.4, 0.5) is 5.69 Å². The molecule has 2 N–H and O–H groups in total. The first-order valence-corrected chi connectivity index (χ1v) is 10.3. The molecule has 4 rings (SSSR count). The molecule has 0 aromatic heterocycles. The van der Waals surface area contributed by atoms with Crippen LogP contribution in [0.2, 0.25) is 0 Å². The summed E-state index contributed by atoms with van der Waals surface area (Å²) in [5, 5.41) is 20.7. The molecule has 3 aromatic rings. The second kappa shape index (κ2) is 9.34. The molecule has 1 aliphatic rings. The molecule has 9 heteroatoms. The van der Waals surface area contributed by atoms with Crippen LogP contribution in [0.1, 0.15) is 34.3 Å². The maximum Gasteiger partial charge on any atom is 0.343 e. The van der Waals surface area contributed by atoms with E-state index in [1.165, 1.54) is 18.2 Å². The number of fused-ring (bicyclic) bond motifs is 1. The van der Waals surface area contributed by atoms with Crippen LogP contribution in [0.25, 0.3) is 0 Å². The van der Waals surface area contributed by atoms with E-state index in [1.807, 2.05) is 6.92 Å². The van der Waals surface area contributed by atoms with Crippen molar-refractivity contribution in [2.45, 2.75) is 12.8 Å². The van der Waals surface area contributed by atoms with Crippen molar-refractivity contribution in [3.63, 3.8) is 0 Å². The van der Waals surface area contributed by atoms with Crippen LogP contribution in [0.3, 0.4) is 0 Å². The van der Waals surface area contributed by atoms with E-state index in [-0.39, 0.29) is 22.9 Å². The molecule has 0 bridgehead atoms. The fourth-order valence-electron chi connectivity index (χ4n) is 3.68. The Bertz CT molecular complexity index is 1340. The lowest BCUT2D eigenvalue weighted by Crippen LogP contribution is -2.21. The van der Waals surface area contributed by atoms with Crippen LogP contribution in [0.15, 0.2) is 78.2 Å². The summed E-state index contributed by atoms with van der Waals surface area (Å²) >= 11 is 0. The number of esters is 1. The van der Waals surface area contributed by atoms with Crippen LogP contribution in [-0.2, 0) is 0 Å². The number of nitriles is 1. The van der Waals surface area contributed by atoms with Gasteiger partial charge in [0.25, 0.3) is 5.69 Å². The summed E-state index contributed by atoms with van der Waals surface area (Å²) in [6.07, 6.45) is 0. The Balaban J connectivity index is 1.65. The third kappa shape index (κ3) is 4.38. The third-order valence-corrected chi connectivity index (χ3v) is 5.22. The quantitative estimate of drug-likeness (QED) is 0.248. The number of rotatable bonds is 6. The minimum atomic E-state index is -0.595. The number of allylic oxidation sites excluding steroid dienone is 1. The first-order chi connectivity index (χ1) is 16.4. The minimum absolute atomic E-state index is 0.0674. The lowest BCUT2D eigenvalue weighted by atomic mass is 9.83. The lowest BCUT2D eigenvalue weighted by molar-refractivity contribution is -0.384. The van der Waals surface area contributed by atoms with Gasteiger partial charge >= 0.3 is 5.97 Å². The summed E-state index contributed by atoms with van der Waals surface area (Å²) in [5.74, 6) is -0.174. The number of benzene rings is 3. The Morgan fingerprint density at radius 1 is 1.15 bits per heavy atom. The molecule has 0 radical (unpaired) electrons. The number of nitro groups is 1. The smallest absolute Gasteiger partial charge is 0.343 e. The lowest BCUT2D eigenvalue weighted by Gasteiger charge is -2.26. The van der Waals surface area contributed by atoms with Gasteiger partial charge in [-0.05, 0) is 36.8 Å². The number of nitro benzene ring substituents is 1. The number of carbonyl (C=O) groups excluding carboxylic acids is 1. The molecule has 0 fully saturated rings. The predicted octanol–water partition coefficient (Wildman–Crippen LogP) is 4.43. The summed E-state index contributed by atoms with van der Waals surface area (Å²) in [6.45, 7) is 2.32. The normalized spacial score (nSPS) is 14.4. The highest BCUT2D eigenvalue weighted by Gasteiger charge is 2.31. The Labute approximate surface area is 194 Å². The maximum absolute atomic E-state index is 12.6. The van der Waals surface area contributed by atoms with Crippen molar-refractivity contribution >= 4 is 11.7 Å². The number of non-ortho nitro benzene ring substituents is 1. The van der Waals surface area contributed by atoms with Crippen LogP contribution in [-0.4, -0.2) is 17.5 Å². The van der Waals surface area contributed by atoms with Crippen LogP contribution in [0, 0.1) is 21.4 Å². The highest BCUT2D eigenvalue weighted by Crippen LogP contribution is 2.43. The molecule has 0 aliphatic carbocycles. The largest absolute Gasteiger partial charge is 0.494 e. The highest BCUT2D eigenvalue weighted by atomic mass is 16.6. The summed E-state index contributed by atoms with van der Waals surface area (Å²) in [5.41, 5.74) is 7.67. The molecular formula is C25H19N3O6. The molecule has 1 unspecified atom stereocenters. The van der Waals surface area contributed by atoms with Crippen molar-refractivity contribution in [3.05, 3.63) is 105 Å². The summed E-state index contributed by atoms with van der Waals surface area (Å²) in [7, 11) is 0. The van der Waals surface area contributed by atoms with E-state index in [9.17, 15) is 20.2 Å². The van der Waals surface area contributed by atoms with E-state index in [2.05, 4.69) is 6.07 Å². The average molecular weight is 457 g/mol. The van der Waals surface area contributed by atoms with E-state index in [0.717, 1.165) is 0 Å². The van der Waals surface area contributed by atoms with Gasteiger partial charge in [0.15, 0.2) is 0 Å². The van der Waals surface area contributed by atoms with E-state index < -0.39 is 16.8 Å². The van der Waals surface area contributed by atoms with Crippen molar-refractivity contribution in [1.29, 1.82) is 5.26 Å². The molecule has 34 heavy (non-hydrogen) atoms. The van der Waals surface area contributed by atoms with Gasteiger partial charge in [-0.25, -0.2) is 4.79 Å². The van der Waals surface area contributed by atoms with Crippen molar-refractivity contribution in [1.82, 2.24) is 0 Å². The number of nitrogens with zero attached hydrogens (tertiary/aromatic N) is 2. The first-order valence-electron chi connectivity index (χ1n) is 10.3. The van der Waals surface area contributed by atoms with Crippen molar-refractivity contribution in [2.75, 3.05) is 6.61 Å². The van der Waals surface area contributed by atoms with Gasteiger partial charge in [-0.2, -0.15) is 5.26 Å². The monoisotopic (exact) mass is 457 g/mol. The SMILES string of the molecule is CCOc1cccc(C(=O)Oc2ccc3c(c2)OC(N)=C(C#N)C3c2ccc([N+](=O)[O-])cc2)c1. The second-order valence-corrected chi connectivity index (χ2v) is 7.32. The van der Waals surface area contributed by atoms with Crippen molar-refractivity contribution < 1.29 is 23.9 Å². The fourth-order valence-corrected chi connectivity index (χ4v) is 3.68. The summed E-state index contributed by atoms with van der Waals surface area (Å²) in [6, 6.07) is 19.3. The second-order valence-electron chi connectivity index (χ2n) is 7.32. The number of carbonyl (C=O) groups is 1. The van der Waals surface area contributed by atoms with E-state index in [0.29, 0.717) is 34.8 Å². The molecular weight excluding hydrogens is 438 g/mol. The number of nitrogens with two attached hydrogens (primary N) is 1. The predicted molar refractivity (Wildman–Crippen MR) is 121 cm³/mol. The third-order valence-electron chi connectivity index (χ3n) is 5.22. The van der Waals surface area contributed by atoms with E-state index in [1.54, 1.807) is 48.5 Å². The molecule has 1 aliphatic heterocycles. The summed E-state index contributed by atoms with van der Waals surface area (Å²) < 4.78 is 16.6. The Kier molecular flexibility index (Phi) is 6.14. The van der Waals surface area contributed by atoms with E-state index >= 15 is 0 Å². The average Bonchev–Trinajstić information content (AvgIpc) is 2.83. The molecule has 0 saturated heterocycles. The van der Waals surface area contributed by atoms with Gasteiger partial charge in [0.2, 0.25) is 5.88 Å². The van der Waals surface area contributed by atoms with Gasteiger partial charge in [-0.15, -0.1) is 0 Å². The van der Waals surface area contributed by atoms with Gasteiger partial charge in [0.1, 0.15) is 28.9 Å². The number of hydrogen-bond donors (Lipinski definition) is 1. The topological polar surface area (TPSA) is 138 Å². The molecule has 0 saturated carbocycles. The number of ether oxygens (including phenoxy) is 3. The van der Waals surface area contributed by atoms with Gasteiger partial charge in [-0.1, -0.05) is 24.3 Å². The van der Waals surface area contributed by atoms with E-state index in [4.69, 9.17) is 19.9 Å². The van der Waals surface area contributed by atoms with Crippen molar-refractivity contribution in [3.8, 4) is 23.3 Å². The zero-order valence-corrected chi connectivity index (χ0v) is 18.1. The molecule has 1 atom stereocenters. The molecule has 3 aromatic carbocycles. The molecule has 0 spiro atoms. The highest BCUT2D eigenvalue weighted by molar-refractivity contribution is 5.91. The summed E-state index contributed by atoms with van der Waals surface area (Å²) in [4.78, 5) is 23.1. The van der Waals surface area contributed by atoms with Crippen LogP contribution >= 0.6 is 0 Å². The minimum Gasteiger partial charge on any atom is -0.494 e. The first kappa shape index (κ1) is 22.4. The Morgan fingerprint density at radius 2 is 1.91 bits per heavy atom. The zero-order valence-electron chi connectivity index (χ0n) is 18.1. The Morgan fingerprint density at radius 3 is 2.59 bits per heavy atom. The molecule has 9 nitrogen and oxygen atoms in total. The number of hydrogen-bond acceptors (Lipinski definition) is 8. The van der Waals surface area contributed by atoms with Gasteiger partial charge < -0.3 is 19.9 Å². The Hall–Kier alpha value is -4.84.